The Morgan fingerprint density at radius 2 is 1.78 bits per heavy atom. The van der Waals surface area contributed by atoms with Gasteiger partial charge in [0.1, 0.15) is 0 Å². The zero-order valence-corrected chi connectivity index (χ0v) is 21.8. The van der Waals surface area contributed by atoms with Crippen LogP contribution in [0.2, 0.25) is 5.02 Å². The van der Waals surface area contributed by atoms with Crippen LogP contribution in [0.15, 0.2) is 83.9 Å². The monoisotopic (exact) mass is 532 g/mol. The first-order valence-corrected chi connectivity index (χ1v) is 13.7. The number of fused-ring (bicyclic) bond motifs is 1. The van der Waals surface area contributed by atoms with Gasteiger partial charge in [0.25, 0.3) is 15.9 Å². The van der Waals surface area contributed by atoms with Crippen molar-refractivity contribution in [2.45, 2.75) is 31.2 Å². The number of hydrogen-bond donors (Lipinski definition) is 1. The van der Waals surface area contributed by atoms with Gasteiger partial charge in [-0.1, -0.05) is 65.7 Å². The predicted octanol–water partition coefficient (Wildman–Crippen LogP) is 4.71. The maximum absolute atomic E-state index is 13.2. The molecule has 4 aromatic rings. The number of amides is 1. The number of anilines is 1. The molecule has 37 heavy (non-hydrogen) atoms. The van der Waals surface area contributed by atoms with Crippen LogP contribution < -0.4 is 9.62 Å². The van der Waals surface area contributed by atoms with Gasteiger partial charge in [0.05, 0.1) is 16.2 Å². The fourth-order valence-corrected chi connectivity index (χ4v) is 5.51. The van der Waals surface area contributed by atoms with E-state index < -0.39 is 15.9 Å². The maximum Gasteiger partial charge on any atom is 0.268 e. The molecule has 5 rings (SSSR count). The lowest BCUT2D eigenvalue weighted by Gasteiger charge is -2.29. The van der Waals surface area contributed by atoms with E-state index >= 15 is 0 Å². The Hall–Kier alpha value is -3.75. The van der Waals surface area contributed by atoms with Crippen molar-refractivity contribution in [1.29, 1.82) is 0 Å². The Balaban J connectivity index is 1.47. The Bertz CT molecular complexity index is 1570. The number of hydrogen-bond acceptors (Lipinski definition) is 6. The summed E-state index contributed by atoms with van der Waals surface area (Å²) in [7, 11) is -4.11. The van der Waals surface area contributed by atoms with E-state index in [9.17, 15) is 13.2 Å². The van der Waals surface area contributed by atoms with E-state index in [1.54, 1.807) is 0 Å². The van der Waals surface area contributed by atoms with Crippen molar-refractivity contribution in [3.8, 4) is 0 Å². The number of nitrogens with one attached hydrogen (secondary N) is 1. The largest absolute Gasteiger partial charge is 0.336 e. The van der Waals surface area contributed by atoms with Gasteiger partial charge in [0.2, 0.25) is 5.95 Å². The van der Waals surface area contributed by atoms with E-state index in [0.717, 1.165) is 24.1 Å². The summed E-state index contributed by atoms with van der Waals surface area (Å²) >= 11 is 5.88. The van der Waals surface area contributed by atoms with E-state index in [2.05, 4.69) is 26.7 Å². The summed E-state index contributed by atoms with van der Waals surface area (Å²) in [5.74, 6) is -0.276. The fourth-order valence-electron chi connectivity index (χ4n) is 4.41. The average molecular weight is 533 g/mol. The topological polar surface area (TPSA) is 92.3 Å². The van der Waals surface area contributed by atoms with E-state index in [1.807, 2.05) is 43.3 Å². The van der Waals surface area contributed by atoms with Crippen LogP contribution in [0, 0.1) is 6.92 Å². The highest BCUT2D eigenvalue weighted by Crippen LogP contribution is 2.24. The number of carbonyl (C=O) groups is 1. The third-order valence-electron chi connectivity index (χ3n) is 6.32. The summed E-state index contributed by atoms with van der Waals surface area (Å²) in [4.78, 5) is 24.5. The van der Waals surface area contributed by atoms with Crippen LogP contribution in [0.25, 0.3) is 0 Å². The Labute approximate surface area is 221 Å². The van der Waals surface area contributed by atoms with Crippen LogP contribution in [-0.4, -0.2) is 30.8 Å². The number of rotatable bonds is 6. The van der Waals surface area contributed by atoms with Gasteiger partial charge < -0.3 is 4.90 Å². The van der Waals surface area contributed by atoms with Crippen molar-refractivity contribution in [1.82, 2.24) is 14.7 Å². The second-order valence-corrected chi connectivity index (χ2v) is 11.1. The molecule has 1 aromatic heterocycles. The van der Waals surface area contributed by atoms with Gasteiger partial charge in [-0.05, 0) is 54.3 Å². The second kappa shape index (κ2) is 10.3. The van der Waals surface area contributed by atoms with Gasteiger partial charge in [-0.3, -0.25) is 4.79 Å². The molecular weight excluding hydrogens is 508 g/mol. The van der Waals surface area contributed by atoms with Crippen LogP contribution in [0.4, 0.5) is 5.95 Å². The first-order chi connectivity index (χ1) is 17.8. The molecule has 0 unspecified atom stereocenters. The molecular formula is C28H25ClN4O3S. The van der Waals surface area contributed by atoms with Gasteiger partial charge in [-0.15, -0.1) is 0 Å². The first kappa shape index (κ1) is 24.9. The molecule has 0 aliphatic carbocycles. The summed E-state index contributed by atoms with van der Waals surface area (Å²) in [6.07, 6.45) is 2.64. The number of carbonyl (C=O) groups excluding carboxylic acids is 1. The van der Waals surface area contributed by atoms with Crippen LogP contribution >= 0.6 is 11.6 Å². The van der Waals surface area contributed by atoms with Gasteiger partial charge >= 0.3 is 0 Å². The van der Waals surface area contributed by atoms with Gasteiger partial charge in [0, 0.05) is 30.7 Å². The van der Waals surface area contributed by atoms with E-state index in [-0.39, 0.29) is 10.5 Å². The molecule has 1 aliphatic rings. The van der Waals surface area contributed by atoms with E-state index in [4.69, 9.17) is 16.6 Å². The highest BCUT2D eigenvalue weighted by molar-refractivity contribution is 7.90. The van der Waals surface area contributed by atoms with E-state index in [1.165, 1.54) is 41.6 Å². The standard InChI is InChI=1S/C28H25ClN4O3S/c1-19-5-4-6-20(15-19)16-26-25(27(34)32-37(35,36)24-11-9-23(29)10-12-24)17-30-28(31-26)33-14-13-21-7-2-3-8-22(21)18-33/h2-12,15,17H,13-14,16,18H2,1H3,(H,32,34). The van der Waals surface area contributed by atoms with Gasteiger partial charge in [0.15, 0.2) is 0 Å². The molecule has 0 saturated carbocycles. The van der Waals surface area contributed by atoms with Crippen molar-refractivity contribution < 1.29 is 13.2 Å². The number of halogens is 1. The zero-order chi connectivity index (χ0) is 26.0. The van der Waals surface area contributed by atoms with Crippen molar-refractivity contribution in [3.05, 3.63) is 118 Å². The minimum absolute atomic E-state index is 0.0602. The van der Waals surface area contributed by atoms with Crippen molar-refractivity contribution in [2.24, 2.45) is 0 Å². The summed E-state index contributed by atoms with van der Waals surface area (Å²) in [5.41, 5.74) is 5.13. The molecule has 0 fully saturated rings. The minimum atomic E-state index is -4.11. The molecule has 1 amide bonds. The molecule has 0 spiro atoms. The maximum atomic E-state index is 13.2. The van der Waals surface area contributed by atoms with Gasteiger partial charge in [-0.2, -0.15) is 0 Å². The molecule has 0 saturated heterocycles. The van der Waals surface area contributed by atoms with Crippen LogP contribution in [-0.2, 0) is 29.4 Å². The Kier molecular flexibility index (Phi) is 6.95. The number of benzene rings is 3. The zero-order valence-electron chi connectivity index (χ0n) is 20.2. The quantitative estimate of drug-likeness (QED) is 0.386. The Morgan fingerprint density at radius 3 is 2.54 bits per heavy atom. The smallest absolute Gasteiger partial charge is 0.268 e. The van der Waals surface area contributed by atoms with Crippen molar-refractivity contribution >= 4 is 33.5 Å². The molecule has 1 aliphatic heterocycles. The summed E-state index contributed by atoms with van der Waals surface area (Å²) in [6, 6.07) is 21.8. The third kappa shape index (κ3) is 5.65. The van der Waals surface area contributed by atoms with E-state index in [0.29, 0.717) is 29.6 Å². The van der Waals surface area contributed by atoms with Gasteiger partial charge in [-0.25, -0.2) is 23.1 Å². The third-order valence-corrected chi connectivity index (χ3v) is 7.92. The highest BCUT2D eigenvalue weighted by Gasteiger charge is 2.24. The number of sulfonamides is 1. The normalized spacial score (nSPS) is 13.2. The summed E-state index contributed by atoms with van der Waals surface area (Å²) in [5, 5.41) is 0.398. The van der Waals surface area contributed by atoms with Crippen LogP contribution in [0.1, 0.15) is 38.3 Å². The molecule has 7 nitrogen and oxygen atoms in total. The lowest BCUT2D eigenvalue weighted by Crippen LogP contribution is -2.34. The summed E-state index contributed by atoms with van der Waals surface area (Å²) < 4.78 is 27.9. The van der Waals surface area contributed by atoms with Crippen LogP contribution in [0.5, 0.6) is 0 Å². The summed E-state index contributed by atoms with van der Waals surface area (Å²) in [6.45, 7) is 3.40. The average Bonchev–Trinajstić information content (AvgIpc) is 2.88. The minimum Gasteiger partial charge on any atom is -0.336 e. The van der Waals surface area contributed by atoms with Crippen molar-refractivity contribution in [2.75, 3.05) is 11.4 Å². The van der Waals surface area contributed by atoms with Crippen LogP contribution in [0.3, 0.4) is 0 Å². The second-order valence-electron chi connectivity index (χ2n) is 9.03. The highest BCUT2D eigenvalue weighted by atomic mass is 35.5. The molecule has 0 atom stereocenters. The number of nitrogens with zero attached hydrogens (tertiary/aromatic N) is 3. The molecule has 0 radical (unpaired) electrons. The fraction of sp³-hybridized carbons (Fsp3) is 0.179. The molecule has 0 bridgehead atoms. The number of aromatic nitrogens is 2. The number of aryl methyl sites for hydroxylation is 1. The molecule has 9 heteroatoms. The lowest BCUT2D eigenvalue weighted by atomic mass is 10.0. The lowest BCUT2D eigenvalue weighted by molar-refractivity contribution is 0.0980. The Morgan fingerprint density at radius 1 is 1.03 bits per heavy atom. The molecule has 2 heterocycles. The molecule has 1 N–H and O–H groups in total. The predicted molar refractivity (Wildman–Crippen MR) is 143 cm³/mol. The first-order valence-electron chi connectivity index (χ1n) is 11.8. The molecule has 188 valence electrons. The molecule has 3 aromatic carbocycles. The van der Waals surface area contributed by atoms with Crippen molar-refractivity contribution in [3.63, 3.8) is 0 Å². The SMILES string of the molecule is Cc1cccc(Cc2nc(N3CCc4ccccc4C3)ncc2C(=O)NS(=O)(=O)c2ccc(Cl)cc2)c1.